The molecule has 0 spiro atoms. The van der Waals surface area contributed by atoms with Crippen molar-refractivity contribution in [2.75, 3.05) is 7.11 Å². The van der Waals surface area contributed by atoms with Gasteiger partial charge in [0.25, 0.3) is 0 Å². The van der Waals surface area contributed by atoms with E-state index in [2.05, 4.69) is 31.3 Å². The number of rotatable bonds is 6. The summed E-state index contributed by atoms with van der Waals surface area (Å²) in [5.41, 5.74) is 1.25. The molecule has 0 saturated carbocycles. The largest absolute Gasteiger partial charge is 0.497 e. The highest BCUT2D eigenvalue weighted by molar-refractivity contribution is 7.99. The van der Waals surface area contributed by atoms with Crippen molar-refractivity contribution in [2.45, 2.75) is 36.2 Å². The molecular weight excluding hydrogens is 302 g/mol. The minimum atomic E-state index is 0.454. The first kappa shape index (κ1) is 16.2. The summed E-state index contributed by atoms with van der Waals surface area (Å²) in [7, 11) is 1.68. The van der Waals surface area contributed by atoms with Crippen LogP contribution in [-0.4, -0.2) is 13.2 Å². The van der Waals surface area contributed by atoms with E-state index in [4.69, 9.17) is 16.3 Å². The molecule has 0 fully saturated rings. The molecule has 0 aliphatic heterocycles. The minimum absolute atomic E-state index is 0.454. The normalized spacial score (nSPS) is 10.9. The summed E-state index contributed by atoms with van der Waals surface area (Å²) >= 11 is 7.85. The third-order valence-corrected chi connectivity index (χ3v) is 4.32. The molecule has 0 radical (unpaired) electrons. The maximum absolute atomic E-state index is 6.15. The predicted octanol–water partition coefficient (Wildman–Crippen LogP) is 5.00. The average molecular weight is 322 g/mol. The molecule has 0 saturated heterocycles. The quantitative estimate of drug-likeness (QED) is 0.809. The van der Waals surface area contributed by atoms with Crippen molar-refractivity contribution < 1.29 is 4.74 Å². The van der Waals surface area contributed by atoms with Gasteiger partial charge in [0, 0.05) is 27.4 Å². The van der Waals surface area contributed by atoms with Crippen LogP contribution in [0.2, 0.25) is 5.02 Å². The van der Waals surface area contributed by atoms with Gasteiger partial charge in [0.05, 0.1) is 7.11 Å². The number of ether oxygens (including phenoxy) is 1. The predicted molar refractivity (Wildman–Crippen MR) is 90.5 cm³/mol. The molecule has 0 aliphatic rings. The second-order valence-corrected chi connectivity index (χ2v) is 6.62. The van der Waals surface area contributed by atoms with Crippen LogP contribution in [0.15, 0.2) is 52.3 Å². The monoisotopic (exact) mass is 321 g/mol. The third kappa shape index (κ3) is 4.95. The van der Waals surface area contributed by atoms with E-state index in [1.807, 2.05) is 30.3 Å². The first-order valence-corrected chi connectivity index (χ1v) is 8.11. The van der Waals surface area contributed by atoms with Gasteiger partial charge < -0.3 is 10.1 Å². The topological polar surface area (TPSA) is 21.3 Å². The average Bonchev–Trinajstić information content (AvgIpc) is 2.46. The summed E-state index contributed by atoms with van der Waals surface area (Å²) in [6.07, 6.45) is 0. The molecule has 2 aromatic rings. The lowest BCUT2D eigenvalue weighted by Gasteiger charge is -2.13. The van der Waals surface area contributed by atoms with Crippen LogP contribution in [-0.2, 0) is 6.54 Å². The number of nitrogens with one attached hydrogen (secondary N) is 1. The number of benzene rings is 2. The minimum Gasteiger partial charge on any atom is -0.497 e. The first-order valence-electron chi connectivity index (χ1n) is 6.92. The van der Waals surface area contributed by atoms with Crippen molar-refractivity contribution in [1.82, 2.24) is 5.32 Å². The van der Waals surface area contributed by atoms with Gasteiger partial charge in [0.2, 0.25) is 0 Å². The van der Waals surface area contributed by atoms with Crippen molar-refractivity contribution in [3.05, 3.63) is 53.1 Å². The first-order chi connectivity index (χ1) is 10.1. The SMILES string of the molecule is COc1cccc(Sc2cc(Cl)ccc2CNC(C)C)c1. The van der Waals surface area contributed by atoms with E-state index in [9.17, 15) is 0 Å². The van der Waals surface area contributed by atoms with Crippen LogP contribution >= 0.6 is 23.4 Å². The Bertz CT molecular complexity index is 601. The smallest absolute Gasteiger partial charge is 0.119 e. The molecule has 0 aromatic heterocycles. The molecule has 0 bridgehead atoms. The van der Waals surface area contributed by atoms with E-state index in [-0.39, 0.29) is 0 Å². The zero-order valence-corrected chi connectivity index (χ0v) is 14.1. The summed E-state index contributed by atoms with van der Waals surface area (Å²) in [5, 5.41) is 4.21. The lowest BCUT2D eigenvalue weighted by molar-refractivity contribution is 0.413. The molecule has 0 amide bonds. The molecule has 0 atom stereocenters. The highest BCUT2D eigenvalue weighted by Gasteiger charge is 2.07. The fourth-order valence-electron chi connectivity index (χ4n) is 1.88. The Morgan fingerprint density at radius 1 is 1.19 bits per heavy atom. The molecule has 2 nitrogen and oxygen atoms in total. The molecular formula is C17H20ClNOS. The van der Waals surface area contributed by atoms with Gasteiger partial charge in [0.1, 0.15) is 5.75 Å². The van der Waals surface area contributed by atoms with E-state index < -0.39 is 0 Å². The van der Waals surface area contributed by atoms with Crippen molar-refractivity contribution in [3.8, 4) is 5.75 Å². The van der Waals surface area contributed by atoms with Crippen LogP contribution in [0.4, 0.5) is 0 Å². The van der Waals surface area contributed by atoms with E-state index >= 15 is 0 Å². The molecule has 1 N–H and O–H groups in total. The summed E-state index contributed by atoms with van der Waals surface area (Å²) < 4.78 is 5.27. The number of hydrogen-bond acceptors (Lipinski definition) is 3. The van der Waals surface area contributed by atoms with E-state index in [1.165, 1.54) is 10.5 Å². The lowest BCUT2D eigenvalue weighted by Crippen LogP contribution is -2.22. The highest BCUT2D eigenvalue weighted by atomic mass is 35.5. The van der Waals surface area contributed by atoms with Gasteiger partial charge in [0.15, 0.2) is 0 Å². The van der Waals surface area contributed by atoms with Gasteiger partial charge in [-0.2, -0.15) is 0 Å². The molecule has 0 unspecified atom stereocenters. The van der Waals surface area contributed by atoms with Crippen molar-refractivity contribution in [2.24, 2.45) is 0 Å². The van der Waals surface area contributed by atoms with Gasteiger partial charge in [-0.15, -0.1) is 0 Å². The van der Waals surface area contributed by atoms with Crippen LogP contribution in [0.5, 0.6) is 5.75 Å². The summed E-state index contributed by atoms with van der Waals surface area (Å²) in [6.45, 7) is 5.12. The summed E-state index contributed by atoms with van der Waals surface area (Å²) in [6, 6.07) is 14.5. The highest BCUT2D eigenvalue weighted by Crippen LogP contribution is 2.34. The second-order valence-electron chi connectivity index (χ2n) is 5.07. The lowest BCUT2D eigenvalue weighted by atomic mass is 10.2. The fourth-order valence-corrected chi connectivity index (χ4v) is 3.14. The second kappa shape index (κ2) is 7.74. The Morgan fingerprint density at radius 2 is 2.00 bits per heavy atom. The Labute approximate surface area is 135 Å². The zero-order valence-electron chi connectivity index (χ0n) is 12.5. The van der Waals surface area contributed by atoms with E-state index in [0.717, 1.165) is 22.2 Å². The molecule has 2 aromatic carbocycles. The van der Waals surface area contributed by atoms with Crippen molar-refractivity contribution >= 4 is 23.4 Å². The van der Waals surface area contributed by atoms with Gasteiger partial charge in [-0.25, -0.2) is 0 Å². The Balaban J connectivity index is 2.22. The molecule has 0 heterocycles. The zero-order chi connectivity index (χ0) is 15.2. The fraction of sp³-hybridized carbons (Fsp3) is 0.294. The number of methoxy groups -OCH3 is 1. The van der Waals surface area contributed by atoms with Crippen LogP contribution in [0.3, 0.4) is 0 Å². The van der Waals surface area contributed by atoms with Gasteiger partial charge in [-0.05, 0) is 35.9 Å². The van der Waals surface area contributed by atoms with Crippen LogP contribution in [0.25, 0.3) is 0 Å². The molecule has 2 rings (SSSR count). The van der Waals surface area contributed by atoms with Gasteiger partial charge in [-0.1, -0.05) is 49.3 Å². The van der Waals surface area contributed by atoms with Crippen molar-refractivity contribution in [3.63, 3.8) is 0 Å². The van der Waals surface area contributed by atoms with E-state index in [0.29, 0.717) is 6.04 Å². The Kier molecular flexibility index (Phi) is 5.97. The van der Waals surface area contributed by atoms with Crippen LogP contribution < -0.4 is 10.1 Å². The molecule has 4 heteroatoms. The maximum atomic E-state index is 6.15. The van der Waals surface area contributed by atoms with Gasteiger partial charge >= 0.3 is 0 Å². The molecule has 0 aliphatic carbocycles. The molecule has 112 valence electrons. The van der Waals surface area contributed by atoms with Crippen LogP contribution in [0, 0.1) is 0 Å². The van der Waals surface area contributed by atoms with Gasteiger partial charge in [-0.3, -0.25) is 0 Å². The number of hydrogen-bond donors (Lipinski definition) is 1. The molecule has 21 heavy (non-hydrogen) atoms. The standard InChI is InChI=1S/C17H20ClNOS/c1-12(2)19-11-13-7-8-14(18)9-17(13)21-16-6-4-5-15(10-16)20-3/h4-10,12,19H,11H2,1-3H3. The Hall–Kier alpha value is -1.16. The van der Waals surface area contributed by atoms with Crippen LogP contribution in [0.1, 0.15) is 19.4 Å². The number of halogens is 1. The maximum Gasteiger partial charge on any atom is 0.119 e. The van der Waals surface area contributed by atoms with E-state index in [1.54, 1.807) is 18.9 Å². The summed E-state index contributed by atoms with van der Waals surface area (Å²) in [5.74, 6) is 0.865. The van der Waals surface area contributed by atoms with Crippen molar-refractivity contribution in [1.29, 1.82) is 0 Å². The third-order valence-electron chi connectivity index (χ3n) is 3.00. The summed E-state index contributed by atoms with van der Waals surface area (Å²) in [4.78, 5) is 2.31. The Morgan fingerprint density at radius 3 is 2.71 bits per heavy atom.